The number of aliphatic hydroxyl groups excluding tert-OH is 1. The van der Waals surface area contributed by atoms with Crippen LogP contribution in [0.3, 0.4) is 0 Å². The molecule has 0 aromatic heterocycles. The number of benzene rings is 1. The lowest BCUT2D eigenvalue weighted by Crippen LogP contribution is -2.44. The highest BCUT2D eigenvalue weighted by Crippen LogP contribution is 2.23. The van der Waals surface area contributed by atoms with Gasteiger partial charge in [-0.3, -0.25) is 9.59 Å². The standard InChI is InChI=1S/C21H31FN4O3.C5H10O/c1-14-13-16(6-7-17(14)18(23)27)29-12-4-5-15-8-10-26(11-9-15)20(24)25-19(28)21(2,3)22;6-5-3-1-2-4-5/h6-7,13,15H,4-5,8-12H2,1-3H3,(H2,23,27)(H2,24,25,28);5-6H,1-4H2. The number of carbonyl (C=O) groups is 2. The molecule has 0 atom stereocenters. The van der Waals surface area contributed by atoms with Gasteiger partial charge in [-0.25, -0.2) is 4.39 Å². The molecular formula is C26H41FN4O4. The van der Waals surface area contributed by atoms with E-state index in [1.54, 1.807) is 12.1 Å². The van der Waals surface area contributed by atoms with Crippen molar-refractivity contribution in [2.45, 2.75) is 83.9 Å². The lowest BCUT2D eigenvalue weighted by Gasteiger charge is -2.32. The summed E-state index contributed by atoms with van der Waals surface area (Å²) in [5, 5.41) is 8.73. The second-order valence-corrected chi connectivity index (χ2v) is 9.95. The van der Waals surface area contributed by atoms with Crippen LogP contribution in [0.1, 0.15) is 81.1 Å². The van der Waals surface area contributed by atoms with Gasteiger partial charge in [0.1, 0.15) is 5.75 Å². The summed E-state index contributed by atoms with van der Waals surface area (Å²) in [6, 6.07) is 5.26. The molecule has 1 saturated heterocycles. The molecule has 1 saturated carbocycles. The Hall–Kier alpha value is -2.68. The van der Waals surface area contributed by atoms with Gasteiger partial charge >= 0.3 is 0 Å². The van der Waals surface area contributed by atoms with Crippen LogP contribution >= 0.6 is 0 Å². The zero-order valence-electron chi connectivity index (χ0n) is 21.3. The summed E-state index contributed by atoms with van der Waals surface area (Å²) in [6.45, 7) is 6.18. The largest absolute Gasteiger partial charge is 0.494 e. The normalized spacial score (nSPS) is 17.6. The Morgan fingerprint density at radius 3 is 2.29 bits per heavy atom. The van der Waals surface area contributed by atoms with Crippen LogP contribution in [0.5, 0.6) is 5.75 Å². The molecule has 1 aliphatic carbocycles. The molecule has 0 unspecified atom stereocenters. The number of guanidine groups is 1. The van der Waals surface area contributed by atoms with Crippen molar-refractivity contribution in [2.24, 2.45) is 22.4 Å². The predicted molar refractivity (Wildman–Crippen MR) is 135 cm³/mol. The highest BCUT2D eigenvalue weighted by molar-refractivity contribution is 5.96. The average molecular weight is 493 g/mol. The number of amides is 2. The van der Waals surface area contributed by atoms with Crippen molar-refractivity contribution in [1.82, 2.24) is 4.90 Å². The van der Waals surface area contributed by atoms with Crippen LogP contribution in [0.15, 0.2) is 23.2 Å². The summed E-state index contributed by atoms with van der Waals surface area (Å²) >= 11 is 0. The van der Waals surface area contributed by atoms with E-state index in [0.29, 0.717) is 31.2 Å². The third-order valence-corrected chi connectivity index (χ3v) is 6.48. The van der Waals surface area contributed by atoms with E-state index in [1.807, 2.05) is 17.9 Å². The Labute approximate surface area is 207 Å². The van der Waals surface area contributed by atoms with Crippen molar-refractivity contribution in [1.29, 1.82) is 0 Å². The zero-order valence-corrected chi connectivity index (χ0v) is 21.3. The lowest BCUT2D eigenvalue weighted by molar-refractivity contribution is -0.127. The number of nitrogens with two attached hydrogens (primary N) is 2. The first-order chi connectivity index (χ1) is 16.5. The quantitative estimate of drug-likeness (QED) is 0.303. The van der Waals surface area contributed by atoms with Crippen LogP contribution in [-0.2, 0) is 4.79 Å². The number of primary amides is 1. The first-order valence-corrected chi connectivity index (χ1v) is 12.5. The number of rotatable bonds is 7. The van der Waals surface area contributed by atoms with E-state index in [4.69, 9.17) is 21.3 Å². The summed E-state index contributed by atoms with van der Waals surface area (Å²) in [4.78, 5) is 28.4. The van der Waals surface area contributed by atoms with Crippen LogP contribution < -0.4 is 16.2 Å². The topological polar surface area (TPSA) is 131 Å². The second kappa shape index (κ2) is 13.4. The molecule has 0 radical (unpaired) electrons. The van der Waals surface area contributed by atoms with Gasteiger partial charge in [0.2, 0.25) is 5.91 Å². The monoisotopic (exact) mass is 492 g/mol. The minimum atomic E-state index is -2.01. The van der Waals surface area contributed by atoms with Gasteiger partial charge in [0, 0.05) is 18.7 Å². The van der Waals surface area contributed by atoms with Crippen molar-refractivity contribution < 1.29 is 23.8 Å². The molecule has 5 N–H and O–H groups in total. The predicted octanol–water partition coefficient (Wildman–Crippen LogP) is 3.48. The number of halogens is 1. The number of alkyl halides is 1. The van der Waals surface area contributed by atoms with Gasteiger partial charge in [-0.2, -0.15) is 4.99 Å². The maximum atomic E-state index is 13.6. The molecule has 1 aromatic carbocycles. The van der Waals surface area contributed by atoms with E-state index < -0.39 is 17.5 Å². The Bertz CT molecular complexity index is 871. The smallest absolute Gasteiger partial charge is 0.285 e. The summed E-state index contributed by atoms with van der Waals surface area (Å²) in [5.41, 5.74) is 10.5. The number of aliphatic imine (C=N–C) groups is 1. The third kappa shape index (κ3) is 9.84. The van der Waals surface area contributed by atoms with Crippen molar-refractivity contribution in [3.63, 3.8) is 0 Å². The van der Waals surface area contributed by atoms with Crippen LogP contribution in [0, 0.1) is 12.8 Å². The molecule has 8 nitrogen and oxygen atoms in total. The van der Waals surface area contributed by atoms with Crippen molar-refractivity contribution in [3.05, 3.63) is 29.3 Å². The molecule has 1 aromatic rings. The van der Waals surface area contributed by atoms with Crippen LogP contribution in [0.4, 0.5) is 4.39 Å². The number of aliphatic hydroxyl groups is 1. The van der Waals surface area contributed by atoms with Crippen LogP contribution in [-0.4, -0.2) is 59.2 Å². The molecule has 1 heterocycles. The Morgan fingerprint density at radius 2 is 1.80 bits per heavy atom. The Morgan fingerprint density at radius 1 is 1.17 bits per heavy atom. The lowest BCUT2D eigenvalue weighted by atomic mass is 9.92. The van der Waals surface area contributed by atoms with E-state index in [2.05, 4.69) is 4.99 Å². The minimum Gasteiger partial charge on any atom is -0.494 e. The Balaban J connectivity index is 0.000000625. The van der Waals surface area contributed by atoms with Gasteiger partial charge in [0.25, 0.3) is 5.91 Å². The summed E-state index contributed by atoms with van der Waals surface area (Å²) in [7, 11) is 0. The van der Waals surface area contributed by atoms with Gasteiger partial charge in [0.15, 0.2) is 11.6 Å². The minimum absolute atomic E-state index is 0.0463. The van der Waals surface area contributed by atoms with Crippen molar-refractivity contribution in [3.8, 4) is 5.75 Å². The van der Waals surface area contributed by atoms with Crippen LogP contribution in [0.25, 0.3) is 0 Å². The van der Waals surface area contributed by atoms with Gasteiger partial charge in [-0.1, -0.05) is 12.8 Å². The summed E-state index contributed by atoms with van der Waals surface area (Å²) in [5.74, 6) is 0.0798. The van der Waals surface area contributed by atoms with Gasteiger partial charge in [-0.15, -0.1) is 0 Å². The molecule has 2 amide bonds. The molecule has 196 valence electrons. The van der Waals surface area contributed by atoms with E-state index >= 15 is 0 Å². The molecule has 35 heavy (non-hydrogen) atoms. The highest BCUT2D eigenvalue weighted by Gasteiger charge is 2.28. The number of piperidine rings is 1. The fraction of sp³-hybridized carbons (Fsp3) is 0.654. The first kappa shape index (κ1) is 28.6. The summed E-state index contributed by atoms with van der Waals surface area (Å²) < 4.78 is 19.4. The molecule has 0 bridgehead atoms. The third-order valence-electron chi connectivity index (χ3n) is 6.48. The molecule has 2 fully saturated rings. The zero-order chi connectivity index (χ0) is 26.0. The first-order valence-electron chi connectivity index (χ1n) is 12.5. The molecule has 0 spiro atoms. The SMILES string of the molecule is Cc1cc(OCCCC2CCN(C(N)=NC(=O)C(C)(C)F)CC2)ccc1C(N)=O.OC1CCCC1. The molecule has 9 heteroatoms. The second-order valence-electron chi connectivity index (χ2n) is 9.95. The molecule has 2 aliphatic rings. The molecule has 3 rings (SSSR count). The van der Waals surface area contributed by atoms with Gasteiger partial charge in [-0.05, 0) is 89.0 Å². The number of aryl methyl sites for hydroxylation is 1. The number of carbonyl (C=O) groups excluding carboxylic acids is 2. The van der Waals surface area contributed by atoms with E-state index in [0.717, 1.165) is 49.8 Å². The Kier molecular flexibility index (Phi) is 10.9. The van der Waals surface area contributed by atoms with E-state index in [-0.39, 0.29) is 12.1 Å². The van der Waals surface area contributed by atoms with Gasteiger partial charge < -0.3 is 26.2 Å². The highest BCUT2D eigenvalue weighted by atomic mass is 19.1. The number of hydrogen-bond donors (Lipinski definition) is 3. The number of likely N-dealkylation sites (tertiary alicyclic amines) is 1. The summed E-state index contributed by atoms with van der Waals surface area (Å²) in [6.07, 6.45) is 8.43. The van der Waals surface area contributed by atoms with Crippen molar-refractivity contribution >= 4 is 17.8 Å². The molecule has 1 aliphatic heterocycles. The number of nitrogens with zero attached hydrogens (tertiary/aromatic N) is 2. The maximum Gasteiger partial charge on any atom is 0.285 e. The van der Waals surface area contributed by atoms with E-state index in [9.17, 15) is 14.0 Å². The van der Waals surface area contributed by atoms with Gasteiger partial charge in [0.05, 0.1) is 12.7 Å². The fourth-order valence-electron chi connectivity index (χ4n) is 4.23. The number of ether oxygens (including phenoxy) is 1. The molecular weight excluding hydrogens is 451 g/mol. The fourth-order valence-corrected chi connectivity index (χ4v) is 4.23. The van der Waals surface area contributed by atoms with E-state index in [1.165, 1.54) is 26.7 Å². The average Bonchev–Trinajstić information content (AvgIpc) is 3.27. The maximum absolute atomic E-state index is 13.6. The number of hydrogen-bond acceptors (Lipinski definition) is 4. The van der Waals surface area contributed by atoms with Crippen LogP contribution in [0.2, 0.25) is 0 Å². The van der Waals surface area contributed by atoms with Crippen molar-refractivity contribution in [2.75, 3.05) is 19.7 Å².